The fourth-order valence-corrected chi connectivity index (χ4v) is 5.82. The number of carbonyl (C=O) groups excluding carboxylic acids is 1. The first-order valence-electron chi connectivity index (χ1n) is 12.5. The summed E-state index contributed by atoms with van der Waals surface area (Å²) in [7, 11) is 0. The average molecular weight is 479 g/mol. The second-order valence-corrected chi connectivity index (χ2v) is 9.97. The summed E-state index contributed by atoms with van der Waals surface area (Å²) in [4.78, 5) is 19.6. The molecule has 1 aliphatic heterocycles. The maximum absolute atomic E-state index is 13.3. The van der Waals surface area contributed by atoms with Crippen LogP contribution in [0.4, 0.5) is 8.78 Å². The predicted molar refractivity (Wildman–Crippen MR) is 134 cm³/mol. The van der Waals surface area contributed by atoms with Crippen molar-refractivity contribution in [3.05, 3.63) is 71.6 Å². The third-order valence-electron chi connectivity index (χ3n) is 7.41. The summed E-state index contributed by atoms with van der Waals surface area (Å²) in [5.74, 6) is 0.149. The molecule has 35 heavy (non-hydrogen) atoms. The van der Waals surface area contributed by atoms with Crippen LogP contribution in [0, 0.1) is 24.5 Å². The molecule has 1 aromatic heterocycles. The minimum atomic E-state index is -0.652. The van der Waals surface area contributed by atoms with Crippen LogP contribution in [0.5, 0.6) is 0 Å². The van der Waals surface area contributed by atoms with Gasteiger partial charge in [0.2, 0.25) is 5.91 Å². The molecule has 1 saturated heterocycles. The molecule has 1 saturated carbocycles. The van der Waals surface area contributed by atoms with Gasteiger partial charge in [-0.1, -0.05) is 12.1 Å². The number of rotatable bonds is 6. The van der Waals surface area contributed by atoms with E-state index in [0.29, 0.717) is 17.5 Å². The Kier molecular flexibility index (Phi) is 6.95. The van der Waals surface area contributed by atoms with Crippen molar-refractivity contribution in [3.63, 3.8) is 0 Å². The first-order valence-corrected chi connectivity index (χ1v) is 12.5. The molecule has 0 unspecified atom stereocenters. The molecular weight excluding hydrogens is 446 g/mol. The number of hydrogen-bond donors (Lipinski definition) is 1. The molecule has 3 aromatic rings. The van der Waals surface area contributed by atoms with E-state index in [9.17, 15) is 13.6 Å². The molecule has 5 rings (SSSR count). The molecule has 184 valence electrons. The van der Waals surface area contributed by atoms with Crippen LogP contribution in [-0.4, -0.2) is 46.0 Å². The second kappa shape index (κ2) is 10.3. The van der Waals surface area contributed by atoms with Gasteiger partial charge in [-0.2, -0.15) is 0 Å². The number of carbonyl (C=O) groups is 1. The number of fused-ring (bicyclic) bond motifs is 1. The van der Waals surface area contributed by atoms with E-state index in [1.165, 1.54) is 29.8 Å². The second-order valence-electron chi connectivity index (χ2n) is 9.97. The van der Waals surface area contributed by atoms with Gasteiger partial charge in [0.1, 0.15) is 17.5 Å². The Hall–Kier alpha value is -3.06. The fourth-order valence-electron chi connectivity index (χ4n) is 5.82. The maximum Gasteiger partial charge on any atom is 0.244 e. The van der Waals surface area contributed by atoms with Gasteiger partial charge in [0, 0.05) is 43.9 Å². The molecule has 2 atom stereocenters. The van der Waals surface area contributed by atoms with E-state index in [2.05, 4.69) is 39.9 Å². The van der Waals surface area contributed by atoms with E-state index in [1.54, 1.807) is 0 Å². The van der Waals surface area contributed by atoms with Crippen LogP contribution in [0.2, 0.25) is 0 Å². The zero-order chi connectivity index (χ0) is 24.4. The Morgan fingerprint density at radius 2 is 1.83 bits per heavy atom. The van der Waals surface area contributed by atoms with Crippen molar-refractivity contribution < 1.29 is 13.6 Å². The molecule has 1 N–H and O–H groups in total. The maximum atomic E-state index is 13.3. The Morgan fingerprint density at radius 1 is 1.09 bits per heavy atom. The highest BCUT2D eigenvalue weighted by Crippen LogP contribution is 2.31. The topological polar surface area (TPSA) is 50.2 Å². The van der Waals surface area contributed by atoms with Gasteiger partial charge in [0.25, 0.3) is 0 Å². The molecular formula is C28H32F2N4O. The van der Waals surface area contributed by atoms with Gasteiger partial charge in [0.05, 0.1) is 11.0 Å². The summed E-state index contributed by atoms with van der Waals surface area (Å²) in [6.45, 7) is 5.33. The number of amides is 1. The van der Waals surface area contributed by atoms with Crippen molar-refractivity contribution in [3.8, 4) is 0 Å². The monoisotopic (exact) mass is 478 g/mol. The van der Waals surface area contributed by atoms with E-state index in [-0.39, 0.29) is 11.9 Å². The Balaban J connectivity index is 1.08. The number of imidazole rings is 1. The summed E-state index contributed by atoms with van der Waals surface area (Å²) in [5, 5.41) is 3.05. The summed E-state index contributed by atoms with van der Waals surface area (Å²) in [6.07, 6.45) is 8.10. The van der Waals surface area contributed by atoms with Gasteiger partial charge in [-0.15, -0.1) is 0 Å². The predicted octanol–water partition coefficient (Wildman–Crippen LogP) is 5.26. The fraction of sp³-hybridized carbons (Fsp3) is 0.429. The largest absolute Gasteiger partial charge is 0.350 e. The third-order valence-corrected chi connectivity index (χ3v) is 7.41. The number of hydrogen-bond acceptors (Lipinski definition) is 3. The van der Waals surface area contributed by atoms with Crippen LogP contribution in [-0.2, 0) is 4.79 Å². The highest BCUT2D eigenvalue weighted by Gasteiger charge is 2.29. The van der Waals surface area contributed by atoms with Gasteiger partial charge in [-0.25, -0.2) is 13.8 Å². The van der Waals surface area contributed by atoms with E-state index in [0.717, 1.165) is 69.1 Å². The number of aromatic nitrogens is 2. The van der Waals surface area contributed by atoms with Crippen molar-refractivity contribution in [1.82, 2.24) is 19.8 Å². The molecule has 2 aromatic carbocycles. The number of piperidine rings is 1. The van der Waals surface area contributed by atoms with Gasteiger partial charge in [-0.3, -0.25) is 4.79 Å². The Morgan fingerprint density at radius 3 is 2.60 bits per heavy atom. The van der Waals surface area contributed by atoms with Gasteiger partial charge in [-0.05, 0) is 80.9 Å². The molecule has 2 fully saturated rings. The van der Waals surface area contributed by atoms with Crippen LogP contribution >= 0.6 is 0 Å². The van der Waals surface area contributed by atoms with E-state index < -0.39 is 11.6 Å². The van der Waals surface area contributed by atoms with Crippen molar-refractivity contribution in [2.24, 2.45) is 5.92 Å². The number of nitrogens with one attached hydrogen (secondary N) is 1. The molecule has 2 heterocycles. The summed E-state index contributed by atoms with van der Waals surface area (Å²) in [6, 6.07) is 12.3. The lowest BCUT2D eigenvalue weighted by atomic mass is 10.0. The first-order chi connectivity index (χ1) is 16.9. The van der Waals surface area contributed by atoms with Gasteiger partial charge < -0.3 is 14.8 Å². The van der Waals surface area contributed by atoms with Gasteiger partial charge in [0.15, 0.2) is 0 Å². The van der Waals surface area contributed by atoms with E-state index in [4.69, 9.17) is 4.98 Å². The Labute approximate surface area is 204 Å². The number of aryl methyl sites for hydroxylation is 1. The minimum absolute atomic E-state index is 0.152. The first kappa shape index (κ1) is 23.7. The number of nitrogens with zero attached hydrogens (tertiary/aromatic N) is 3. The molecule has 1 aliphatic carbocycles. The lowest BCUT2D eigenvalue weighted by Gasteiger charge is -2.34. The number of para-hydroxylation sites is 2. The molecule has 5 nitrogen and oxygen atoms in total. The lowest BCUT2D eigenvalue weighted by Crippen LogP contribution is -2.38. The van der Waals surface area contributed by atoms with Gasteiger partial charge >= 0.3 is 0 Å². The van der Waals surface area contributed by atoms with E-state index in [1.807, 2.05) is 6.07 Å². The van der Waals surface area contributed by atoms with Crippen LogP contribution in [0.25, 0.3) is 17.1 Å². The minimum Gasteiger partial charge on any atom is -0.350 e. The van der Waals surface area contributed by atoms with E-state index >= 15 is 0 Å². The number of halogens is 2. The number of benzene rings is 2. The standard InChI is InChI=1S/C28H32F2N4O/c1-19-31-26-4-2-3-5-27(26)34(19)25-10-12-33(13-11-25)18-21-6-8-24(16-21)32-28(35)9-7-20-14-22(29)17-23(30)15-20/h2-5,7,9,14-15,17,21,24-25H,6,8,10-13,16,18H2,1H3,(H,32,35)/b9-7+/t21-,24+/m1/s1. The molecule has 1 amide bonds. The number of likely N-dealkylation sites (tertiary alicyclic amines) is 1. The third kappa shape index (κ3) is 5.61. The highest BCUT2D eigenvalue weighted by molar-refractivity contribution is 5.91. The highest BCUT2D eigenvalue weighted by atomic mass is 19.1. The van der Waals surface area contributed by atoms with Crippen molar-refractivity contribution in [2.75, 3.05) is 19.6 Å². The summed E-state index contributed by atoms with van der Waals surface area (Å²) < 4.78 is 29.0. The zero-order valence-corrected chi connectivity index (χ0v) is 20.1. The summed E-state index contributed by atoms with van der Waals surface area (Å²) in [5.41, 5.74) is 2.64. The van der Waals surface area contributed by atoms with Crippen LogP contribution in [0.15, 0.2) is 48.5 Å². The quantitative estimate of drug-likeness (QED) is 0.492. The molecule has 0 bridgehead atoms. The SMILES string of the molecule is Cc1nc2ccccc2n1C1CCN(C[C@@H]2CC[C@H](NC(=O)/C=C/c3cc(F)cc(F)c3)C2)CC1. The smallest absolute Gasteiger partial charge is 0.244 e. The molecule has 0 spiro atoms. The van der Waals surface area contributed by atoms with Crippen molar-refractivity contribution in [2.45, 2.75) is 51.1 Å². The van der Waals surface area contributed by atoms with Crippen LogP contribution in [0.3, 0.4) is 0 Å². The zero-order valence-electron chi connectivity index (χ0n) is 20.1. The molecule has 2 aliphatic rings. The summed E-state index contributed by atoms with van der Waals surface area (Å²) >= 11 is 0. The van der Waals surface area contributed by atoms with Crippen molar-refractivity contribution in [1.29, 1.82) is 0 Å². The normalized spacial score (nSPS) is 21.8. The average Bonchev–Trinajstić information content (AvgIpc) is 3.40. The molecule has 7 heteroatoms. The lowest BCUT2D eigenvalue weighted by molar-refractivity contribution is -0.117. The molecule has 0 radical (unpaired) electrons. The van der Waals surface area contributed by atoms with Crippen molar-refractivity contribution >= 4 is 23.0 Å². The van der Waals surface area contributed by atoms with Crippen LogP contribution in [0.1, 0.15) is 49.5 Å². The van der Waals surface area contributed by atoms with Crippen LogP contribution < -0.4 is 5.32 Å². The Bertz CT molecular complexity index is 1210.